The Bertz CT molecular complexity index is 1070. The summed E-state index contributed by atoms with van der Waals surface area (Å²) in [6.07, 6.45) is 17.2. The molecule has 1 unspecified atom stereocenters. The third kappa shape index (κ3) is 25.2. The minimum absolute atomic E-state index is 0.176. The van der Waals surface area contributed by atoms with Crippen molar-refractivity contribution < 1.29 is 63.1 Å². The van der Waals surface area contributed by atoms with Gasteiger partial charge in [-0.05, 0) is 31.1 Å². The summed E-state index contributed by atoms with van der Waals surface area (Å²) in [5.41, 5.74) is 0. The molecule has 0 aromatic carbocycles. The number of unbranched alkanes of at least 4 members (excludes halogenated alkanes) is 10. The molecule has 1 rings (SSSR count). The molecule has 0 aromatic rings. The lowest BCUT2D eigenvalue weighted by Crippen LogP contribution is -2.29. The van der Waals surface area contributed by atoms with E-state index < -0.39 is 76.7 Å². The Balaban J connectivity index is 2.60. The van der Waals surface area contributed by atoms with Crippen LogP contribution in [0.4, 0.5) is 0 Å². The Morgan fingerprint density at radius 3 is 2.08 bits per heavy atom. The molecule has 0 bridgehead atoms. The molecule has 13 nitrogen and oxygen atoms in total. The van der Waals surface area contributed by atoms with Crippen LogP contribution in [0.25, 0.3) is 0 Å². The smallest absolute Gasteiger partial charge is 0.462 e. The van der Waals surface area contributed by atoms with Gasteiger partial charge in [-0.2, -0.15) is 0 Å². The lowest BCUT2D eigenvalue weighted by Gasteiger charge is -2.20. The SMILES string of the molecule is CCCCC[C@@H](O)/C=C/[C@@H]1[C@H](C/C=C\CC(=O)O[C@H](COC(=O)CCCCCCCCCCCC(C)C)COP(=O)(O)OC[C@@H](O)CO)[C@@H](O)C[C@H]1O. The number of aliphatic hydroxyl groups excluding tert-OH is 5. The van der Waals surface area contributed by atoms with Gasteiger partial charge in [0, 0.05) is 18.8 Å². The van der Waals surface area contributed by atoms with E-state index in [1.54, 1.807) is 24.3 Å². The number of carbonyl (C=O) groups is 2. The van der Waals surface area contributed by atoms with E-state index in [2.05, 4.69) is 25.3 Å². The fourth-order valence-electron chi connectivity index (χ4n) is 6.21. The number of hydrogen-bond acceptors (Lipinski definition) is 12. The topological polar surface area (TPSA) is 210 Å². The zero-order valence-corrected chi connectivity index (χ0v) is 33.4. The second-order valence-corrected chi connectivity index (χ2v) is 16.2. The van der Waals surface area contributed by atoms with Crippen LogP contribution in [0.1, 0.15) is 136 Å². The maximum absolute atomic E-state index is 12.7. The van der Waals surface area contributed by atoms with E-state index in [4.69, 9.17) is 19.1 Å². The molecule has 0 spiro atoms. The number of ether oxygens (including phenoxy) is 2. The summed E-state index contributed by atoms with van der Waals surface area (Å²) in [4.78, 5) is 35.1. The van der Waals surface area contributed by atoms with Gasteiger partial charge >= 0.3 is 19.8 Å². The molecule has 0 aliphatic heterocycles. The highest BCUT2D eigenvalue weighted by Gasteiger charge is 2.39. The summed E-state index contributed by atoms with van der Waals surface area (Å²) >= 11 is 0. The van der Waals surface area contributed by atoms with Crippen molar-refractivity contribution in [2.45, 2.75) is 167 Å². The standard InChI is InChI=1S/C39H71O13P/c1-4-5-13-19-31(41)23-24-35-34(36(43)25-37(35)44)20-16-17-22-39(46)52-33(29-51-53(47,48)50-27-32(42)26-40)28-49-38(45)21-15-12-10-8-6-7-9-11-14-18-30(2)3/h16-17,23-24,30-37,40-44H,4-15,18-22,25-29H2,1-3H3,(H,47,48)/b17-16-,24-23+/t31-,32+,33-,34+,35-,36+,37-/m1/s1. The van der Waals surface area contributed by atoms with E-state index in [0.29, 0.717) is 19.3 Å². The van der Waals surface area contributed by atoms with E-state index in [1.165, 1.54) is 38.5 Å². The first-order valence-electron chi connectivity index (χ1n) is 19.9. The second-order valence-electron chi connectivity index (χ2n) is 14.8. The van der Waals surface area contributed by atoms with Gasteiger partial charge in [-0.25, -0.2) is 4.57 Å². The van der Waals surface area contributed by atoms with Crippen molar-refractivity contribution in [1.82, 2.24) is 0 Å². The Labute approximate surface area is 317 Å². The molecule has 1 aliphatic rings. The zero-order chi connectivity index (χ0) is 39.5. The summed E-state index contributed by atoms with van der Waals surface area (Å²) in [7, 11) is -4.71. The summed E-state index contributed by atoms with van der Waals surface area (Å²) < 4.78 is 32.5. The number of allylic oxidation sites excluding steroid dienone is 1. The molecule has 53 heavy (non-hydrogen) atoms. The van der Waals surface area contributed by atoms with Crippen molar-refractivity contribution in [2.24, 2.45) is 17.8 Å². The van der Waals surface area contributed by atoms with Crippen LogP contribution in [0.5, 0.6) is 0 Å². The number of rotatable bonds is 32. The van der Waals surface area contributed by atoms with Crippen molar-refractivity contribution in [2.75, 3.05) is 26.4 Å². The van der Waals surface area contributed by atoms with E-state index in [9.17, 15) is 39.5 Å². The predicted molar refractivity (Wildman–Crippen MR) is 203 cm³/mol. The molecule has 1 fully saturated rings. The number of phosphoric ester groups is 1. The Morgan fingerprint density at radius 1 is 0.811 bits per heavy atom. The van der Waals surface area contributed by atoms with Gasteiger partial charge in [-0.3, -0.25) is 18.6 Å². The summed E-state index contributed by atoms with van der Waals surface area (Å²) in [6, 6.07) is 0. The first-order chi connectivity index (χ1) is 25.3. The number of aliphatic hydroxyl groups is 5. The minimum Gasteiger partial charge on any atom is -0.462 e. The molecular weight excluding hydrogens is 707 g/mol. The molecule has 6 N–H and O–H groups in total. The van der Waals surface area contributed by atoms with Crippen LogP contribution in [0.3, 0.4) is 0 Å². The molecule has 14 heteroatoms. The molecule has 8 atom stereocenters. The van der Waals surface area contributed by atoms with Crippen LogP contribution < -0.4 is 0 Å². The van der Waals surface area contributed by atoms with Crippen molar-refractivity contribution >= 4 is 19.8 Å². The molecule has 1 saturated carbocycles. The van der Waals surface area contributed by atoms with Crippen molar-refractivity contribution in [3.8, 4) is 0 Å². The molecule has 0 aromatic heterocycles. The van der Waals surface area contributed by atoms with Gasteiger partial charge in [0.05, 0.1) is 44.6 Å². The van der Waals surface area contributed by atoms with Gasteiger partial charge in [0.25, 0.3) is 0 Å². The van der Waals surface area contributed by atoms with Gasteiger partial charge in [-0.1, -0.05) is 122 Å². The largest absolute Gasteiger partial charge is 0.472 e. The maximum Gasteiger partial charge on any atom is 0.472 e. The summed E-state index contributed by atoms with van der Waals surface area (Å²) in [5.74, 6) is -1.15. The van der Waals surface area contributed by atoms with Crippen LogP contribution in [-0.2, 0) is 32.7 Å². The van der Waals surface area contributed by atoms with Crippen LogP contribution in [-0.4, -0.2) is 99.3 Å². The highest BCUT2D eigenvalue weighted by molar-refractivity contribution is 7.47. The minimum atomic E-state index is -4.71. The molecule has 0 amide bonds. The molecule has 0 radical (unpaired) electrons. The first-order valence-corrected chi connectivity index (χ1v) is 21.4. The number of esters is 2. The highest BCUT2D eigenvalue weighted by atomic mass is 31.2. The van der Waals surface area contributed by atoms with Crippen LogP contribution in [0.2, 0.25) is 0 Å². The second kappa shape index (κ2) is 29.6. The fraction of sp³-hybridized carbons (Fsp3) is 0.846. The first kappa shape index (κ1) is 49.3. The fourth-order valence-corrected chi connectivity index (χ4v) is 7.00. The zero-order valence-electron chi connectivity index (χ0n) is 32.5. The van der Waals surface area contributed by atoms with Crippen LogP contribution in [0, 0.1) is 17.8 Å². The van der Waals surface area contributed by atoms with Crippen molar-refractivity contribution in [3.05, 3.63) is 24.3 Å². The van der Waals surface area contributed by atoms with Crippen LogP contribution in [0.15, 0.2) is 24.3 Å². The average molecular weight is 779 g/mol. The molecule has 0 heterocycles. The molecular formula is C39H71O13P. The van der Waals surface area contributed by atoms with Gasteiger partial charge in [0.2, 0.25) is 0 Å². The Hall–Kier alpha value is -1.67. The Kier molecular flexibility index (Phi) is 27.6. The number of phosphoric acid groups is 1. The van der Waals surface area contributed by atoms with Gasteiger partial charge in [0.15, 0.2) is 6.10 Å². The van der Waals surface area contributed by atoms with E-state index >= 15 is 0 Å². The molecule has 1 aliphatic carbocycles. The van der Waals surface area contributed by atoms with E-state index in [1.807, 2.05) is 0 Å². The van der Waals surface area contributed by atoms with E-state index in [-0.39, 0.29) is 31.1 Å². The van der Waals surface area contributed by atoms with Crippen molar-refractivity contribution in [1.29, 1.82) is 0 Å². The van der Waals surface area contributed by atoms with E-state index in [0.717, 1.165) is 44.4 Å². The van der Waals surface area contributed by atoms with Gasteiger partial charge in [0.1, 0.15) is 12.7 Å². The predicted octanol–water partition coefficient (Wildman–Crippen LogP) is 6.07. The third-order valence-corrected chi connectivity index (χ3v) is 10.3. The van der Waals surface area contributed by atoms with Gasteiger partial charge in [-0.15, -0.1) is 0 Å². The summed E-state index contributed by atoms with van der Waals surface area (Å²) in [5, 5.41) is 49.6. The number of carbonyl (C=O) groups excluding carboxylic acids is 2. The number of hydrogen-bond donors (Lipinski definition) is 6. The molecule has 310 valence electrons. The Morgan fingerprint density at radius 2 is 1.43 bits per heavy atom. The molecule has 0 saturated heterocycles. The average Bonchev–Trinajstić information content (AvgIpc) is 3.38. The van der Waals surface area contributed by atoms with Crippen LogP contribution >= 0.6 is 7.82 Å². The highest BCUT2D eigenvalue weighted by Crippen LogP contribution is 2.43. The lowest BCUT2D eigenvalue weighted by molar-refractivity contribution is -0.160. The monoisotopic (exact) mass is 778 g/mol. The quantitative estimate of drug-likeness (QED) is 0.0199. The lowest BCUT2D eigenvalue weighted by atomic mass is 9.89. The van der Waals surface area contributed by atoms with Crippen molar-refractivity contribution in [3.63, 3.8) is 0 Å². The maximum atomic E-state index is 12.7. The summed E-state index contributed by atoms with van der Waals surface area (Å²) in [6.45, 7) is 4.15. The van der Waals surface area contributed by atoms with Gasteiger partial charge < -0.3 is 39.9 Å². The third-order valence-electron chi connectivity index (χ3n) is 9.39. The normalized spacial score (nSPS) is 22.0.